The number of benzene rings is 1. The summed E-state index contributed by atoms with van der Waals surface area (Å²) < 4.78 is 47.3. The molecule has 0 aliphatic heterocycles. The van der Waals surface area contributed by atoms with E-state index in [9.17, 15) is 32.9 Å². The Kier molecular flexibility index (Phi) is 8.62. The first-order valence-corrected chi connectivity index (χ1v) is 11.2. The van der Waals surface area contributed by atoms with Gasteiger partial charge < -0.3 is 25.4 Å². The maximum absolute atomic E-state index is 13.3. The first-order valence-electron chi connectivity index (χ1n) is 10.3. The second kappa shape index (κ2) is 11.7. The van der Waals surface area contributed by atoms with Gasteiger partial charge in [-0.25, -0.2) is 18.6 Å². The number of amides is 2. The molecule has 37 heavy (non-hydrogen) atoms. The highest BCUT2D eigenvalue weighted by Crippen LogP contribution is 2.43. The number of carbonyl (C=O) groups is 2. The van der Waals surface area contributed by atoms with Crippen LogP contribution in [0.5, 0.6) is 10.8 Å². The van der Waals surface area contributed by atoms with Gasteiger partial charge in [0.1, 0.15) is 11.6 Å². The lowest BCUT2D eigenvalue weighted by molar-refractivity contribution is -0.384. The van der Waals surface area contributed by atoms with Crippen LogP contribution >= 0.6 is 11.3 Å². The van der Waals surface area contributed by atoms with E-state index in [0.29, 0.717) is 16.0 Å². The van der Waals surface area contributed by atoms with Gasteiger partial charge in [0.25, 0.3) is 18.0 Å². The number of halogens is 3. The van der Waals surface area contributed by atoms with Crippen molar-refractivity contribution in [1.82, 2.24) is 9.88 Å². The molecule has 0 saturated heterocycles. The number of carbonyl (C=O) groups excluding carboxylic acids is 2. The number of anilines is 1. The summed E-state index contributed by atoms with van der Waals surface area (Å²) in [4.78, 5) is 41.4. The van der Waals surface area contributed by atoms with E-state index in [1.165, 1.54) is 30.3 Å². The molecule has 3 aromatic rings. The van der Waals surface area contributed by atoms with Crippen molar-refractivity contribution in [2.75, 3.05) is 19.4 Å². The number of ether oxygens (including phenoxy) is 2. The summed E-state index contributed by atoms with van der Waals surface area (Å²) in [7, 11) is 3.48. The number of thiophene rings is 1. The average molecular weight is 539 g/mol. The van der Waals surface area contributed by atoms with Crippen LogP contribution in [0.25, 0.3) is 10.4 Å². The van der Waals surface area contributed by atoms with Crippen LogP contribution in [0.4, 0.5) is 29.5 Å². The molecule has 0 spiro atoms. The summed E-state index contributed by atoms with van der Waals surface area (Å²) in [5.41, 5.74) is 6.00. The van der Waals surface area contributed by atoms with Crippen LogP contribution in [0.3, 0.4) is 0 Å². The number of non-ortho nitro benzene ring substituents is 1. The number of hydrogen-bond acceptors (Lipinski definition) is 9. The molecule has 2 amide bonds. The number of alkyl halides is 3. The summed E-state index contributed by atoms with van der Waals surface area (Å²) in [6.07, 6.45) is -6.40. The number of pyridine rings is 1. The van der Waals surface area contributed by atoms with Crippen LogP contribution in [0.15, 0.2) is 42.6 Å². The molecule has 1 atom stereocenters. The number of rotatable bonds is 10. The number of nitro benzene ring substituents is 1. The van der Waals surface area contributed by atoms with Crippen LogP contribution in [-0.4, -0.2) is 53.7 Å². The van der Waals surface area contributed by atoms with Gasteiger partial charge in [0, 0.05) is 29.1 Å². The molecular weight excluding hydrogens is 519 g/mol. The van der Waals surface area contributed by atoms with Crippen molar-refractivity contribution in [2.24, 2.45) is 5.73 Å². The fraction of sp³-hybridized carbons (Fsp3) is 0.227. The Bertz CT molecular complexity index is 1290. The molecule has 196 valence electrons. The zero-order valence-corrected chi connectivity index (χ0v) is 20.1. The number of hydrogen-bond donors (Lipinski definition) is 2. The van der Waals surface area contributed by atoms with Crippen LogP contribution in [-0.2, 0) is 6.54 Å². The molecule has 0 saturated carbocycles. The molecule has 0 radical (unpaired) electrons. The Morgan fingerprint density at radius 1 is 1.19 bits per heavy atom. The highest BCUT2D eigenvalue weighted by molar-refractivity contribution is 7.18. The Morgan fingerprint density at radius 2 is 1.86 bits per heavy atom. The minimum absolute atomic E-state index is 0.0329. The molecule has 0 aliphatic rings. The van der Waals surface area contributed by atoms with E-state index in [1.54, 1.807) is 19.0 Å². The van der Waals surface area contributed by atoms with E-state index in [4.69, 9.17) is 10.5 Å². The Morgan fingerprint density at radius 3 is 2.38 bits per heavy atom. The Balaban J connectivity index is 1.99. The molecule has 2 heterocycles. The van der Waals surface area contributed by atoms with Gasteiger partial charge in [-0.2, -0.15) is 4.39 Å². The van der Waals surface area contributed by atoms with Crippen molar-refractivity contribution in [3.8, 4) is 21.3 Å². The highest BCUT2D eigenvalue weighted by Gasteiger charge is 2.28. The third kappa shape index (κ3) is 6.92. The van der Waals surface area contributed by atoms with Gasteiger partial charge >= 0.3 is 12.5 Å². The SMILES string of the molecule is CN(C)Cc1c(-c2ccc([N+](=O)[O-])cc2)sc(OC(N)=O)c1C(=O)Nc1ccc(OC(F)C(F)F)cn1. The van der Waals surface area contributed by atoms with Crippen molar-refractivity contribution >= 4 is 34.8 Å². The van der Waals surface area contributed by atoms with Gasteiger partial charge in [-0.1, -0.05) is 11.3 Å². The van der Waals surface area contributed by atoms with Crippen LogP contribution in [0.2, 0.25) is 0 Å². The fourth-order valence-corrected chi connectivity index (χ4v) is 4.32. The molecule has 2 aromatic heterocycles. The number of nitrogens with two attached hydrogens (primary N) is 1. The molecular formula is C22H20F3N5O6S. The van der Waals surface area contributed by atoms with Crippen LogP contribution in [0, 0.1) is 10.1 Å². The van der Waals surface area contributed by atoms with Gasteiger partial charge in [-0.05, 0) is 43.9 Å². The molecule has 15 heteroatoms. The molecule has 1 unspecified atom stereocenters. The maximum atomic E-state index is 13.3. The van der Waals surface area contributed by atoms with E-state index in [1.807, 2.05) is 0 Å². The third-order valence-electron chi connectivity index (χ3n) is 4.63. The third-order valence-corrected chi connectivity index (χ3v) is 5.79. The van der Waals surface area contributed by atoms with Gasteiger partial charge in [0.15, 0.2) is 5.06 Å². The van der Waals surface area contributed by atoms with Gasteiger partial charge in [-0.15, -0.1) is 0 Å². The van der Waals surface area contributed by atoms with E-state index >= 15 is 0 Å². The molecule has 0 bridgehead atoms. The molecule has 0 aliphatic carbocycles. The Labute approximate surface area is 211 Å². The van der Waals surface area contributed by atoms with Crippen LogP contribution < -0.4 is 20.5 Å². The topological polar surface area (TPSA) is 150 Å². The second-order valence-electron chi connectivity index (χ2n) is 7.67. The first kappa shape index (κ1) is 27.3. The van der Waals surface area contributed by atoms with E-state index in [-0.39, 0.29) is 34.4 Å². The minimum atomic E-state index is -3.35. The summed E-state index contributed by atoms with van der Waals surface area (Å²) >= 11 is 0.941. The quantitative estimate of drug-likeness (QED) is 0.284. The second-order valence-corrected chi connectivity index (χ2v) is 8.65. The summed E-state index contributed by atoms with van der Waals surface area (Å²) in [6, 6.07) is 7.93. The molecule has 3 N–H and O–H groups in total. The van der Waals surface area contributed by atoms with Crippen molar-refractivity contribution < 1.29 is 37.2 Å². The van der Waals surface area contributed by atoms with Crippen molar-refractivity contribution in [3.63, 3.8) is 0 Å². The zero-order valence-electron chi connectivity index (χ0n) is 19.3. The average Bonchev–Trinajstić information content (AvgIpc) is 3.16. The standard InChI is InChI=1S/C22H20F3N5O6S/c1-29(2)10-14-16(20(31)28-15-8-7-13(9-27-15)35-19(25)18(23)24)21(36-22(26)32)37-17(14)11-3-5-12(6-4-11)30(33)34/h3-9,18-19H,10H2,1-2H3,(H2,26,32)(H,27,28,31). The summed E-state index contributed by atoms with van der Waals surface area (Å²) in [5.74, 6) is -1.06. The number of aromatic nitrogens is 1. The number of nitro groups is 1. The van der Waals surface area contributed by atoms with Crippen molar-refractivity contribution in [1.29, 1.82) is 0 Å². The van der Waals surface area contributed by atoms with Gasteiger partial charge in [0.2, 0.25) is 0 Å². The van der Waals surface area contributed by atoms with E-state index in [2.05, 4.69) is 15.0 Å². The van der Waals surface area contributed by atoms with Crippen molar-refractivity contribution in [3.05, 3.63) is 63.8 Å². The smallest absolute Gasteiger partial charge is 0.410 e. The predicted octanol–water partition coefficient (Wildman–Crippen LogP) is 4.43. The number of nitrogens with one attached hydrogen (secondary N) is 1. The lowest BCUT2D eigenvalue weighted by atomic mass is 10.0. The minimum Gasteiger partial charge on any atom is -0.453 e. The number of primary amides is 1. The van der Waals surface area contributed by atoms with E-state index in [0.717, 1.165) is 23.6 Å². The van der Waals surface area contributed by atoms with Crippen LogP contribution in [0.1, 0.15) is 15.9 Å². The molecule has 3 rings (SSSR count). The van der Waals surface area contributed by atoms with Gasteiger partial charge in [0.05, 0.1) is 16.7 Å². The lowest BCUT2D eigenvalue weighted by Gasteiger charge is -2.14. The highest BCUT2D eigenvalue weighted by atomic mass is 32.1. The lowest BCUT2D eigenvalue weighted by Crippen LogP contribution is -2.21. The van der Waals surface area contributed by atoms with E-state index < -0.39 is 29.7 Å². The van der Waals surface area contributed by atoms with Gasteiger partial charge in [-0.3, -0.25) is 14.9 Å². The molecule has 11 nitrogen and oxygen atoms in total. The zero-order chi connectivity index (χ0) is 27.3. The monoisotopic (exact) mass is 539 g/mol. The number of nitrogens with zero attached hydrogens (tertiary/aromatic N) is 3. The fourth-order valence-electron chi connectivity index (χ4n) is 3.15. The summed E-state index contributed by atoms with van der Waals surface area (Å²) in [5, 5.41) is 13.4. The molecule has 1 aromatic carbocycles. The Hall–Kier alpha value is -4.24. The normalized spacial score (nSPS) is 11.9. The predicted molar refractivity (Wildman–Crippen MR) is 128 cm³/mol. The first-order chi connectivity index (χ1) is 17.5. The largest absolute Gasteiger partial charge is 0.453 e. The summed E-state index contributed by atoms with van der Waals surface area (Å²) in [6.45, 7) is 0.208. The van der Waals surface area contributed by atoms with Crippen molar-refractivity contribution in [2.45, 2.75) is 19.3 Å². The molecule has 0 fully saturated rings. The maximum Gasteiger partial charge on any atom is 0.410 e.